The van der Waals surface area contributed by atoms with Crippen molar-refractivity contribution in [3.8, 4) is 0 Å². The molecule has 4 nitrogen and oxygen atoms in total. The van der Waals surface area contributed by atoms with Crippen molar-refractivity contribution in [2.45, 2.75) is 20.4 Å². The molecule has 3 rings (SSSR count). The summed E-state index contributed by atoms with van der Waals surface area (Å²) >= 11 is 5.35. The summed E-state index contributed by atoms with van der Waals surface area (Å²) in [7, 11) is 0. The van der Waals surface area contributed by atoms with Crippen LogP contribution in [0.25, 0.3) is 11.0 Å². The SMILES string of the molecule is Cc1nc2ccc(NC(=S)NCc3ccccc3)cc2nc1C. The van der Waals surface area contributed by atoms with Crippen LogP contribution in [0.5, 0.6) is 0 Å². The lowest BCUT2D eigenvalue weighted by atomic mass is 10.2. The molecule has 0 atom stereocenters. The first-order chi connectivity index (χ1) is 11.1. The number of thiocarbonyl (C=S) groups is 1. The van der Waals surface area contributed by atoms with Gasteiger partial charge in [0, 0.05) is 12.2 Å². The van der Waals surface area contributed by atoms with Crippen LogP contribution in [0.1, 0.15) is 17.0 Å². The fourth-order valence-corrected chi connectivity index (χ4v) is 2.45. The molecule has 0 aliphatic heterocycles. The third-order valence-electron chi connectivity index (χ3n) is 3.63. The normalized spacial score (nSPS) is 10.5. The maximum Gasteiger partial charge on any atom is 0.171 e. The van der Waals surface area contributed by atoms with Crippen LogP contribution in [0.2, 0.25) is 0 Å². The highest BCUT2D eigenvalue weighted by atomic mass is 32.1. The fourth-order valence-electron chi connectivity index (χ4n) is 2.26. The molecule has 1 aromatic heterocycles. The van der Waals surface area contributed by atoms with Gasteiger partial charge < -0.3 is 10.6 Å². The lowest BCUT2D eigenvalue weighted by Crippen LogP contribution is -2.27. The van der Waals surface area contributed by atoms with Crippen LogP contribution in [0, 0.1) is 13.8 Å². The highest BCUT2D eigenvalue weighted by Crippen LogP contribution is 2.17. The van der Waals surface area contributed by atoms with Gasteiger partial charge in [0.05, 0.1) is 22.4 Å². The van der Waals surface area contributed by atoms with Crippen molar-refractivity contribution in [1.82, 2.24) is 15.3 Å². The number of nitrogens with zero attached hydrogens (tertiary/aromatic N) is 2. The second kappa shape index (κ2) is 6.71. The first-order valence-electron chi connectivity index (χ1n) is 7.45. The van der Waals surface area contributed by atoms with E-state index in [1.54, 1.807) is 0 Å². The Bertz CT molecular complexity index is 846. The number of aryl methyl sites for hydroxylation is 2. The first-order valence-corrected chi connectivity index (χ1v) is 7.86. The van der Waals surface area contributed by atoms with Crippen LogP contribution in [0.4, 0.5) is 5.69 Å². The molecule has 0 amide bonds. The van der Waals surface area contributed by atoms with Crippen LogP contribution >= 0.6 is 12.2 Å². The quantitative estimate of drug-likeness (QED) is 0.720. The molecule has 0 saturated heterocycles. The van der Waals surface area contributed by atoms with Crippen LogP contribution in [-0.2, 0) is 6.54 Å². The van der Waals surface area contributed by atoms with Crippen molar-refractivity contribution >= 4 is 34.1 Å². The summed E-state index contributed by atoms with van der Waals surface area (Å²) in [6.07, 6.45) is 0. The van der Waals surface area contributed by atoms with E-state index < -0.39 is 0 Å². The molecule has 3 aromatic rings. The molecule has 0 bridgehead atoms. The minimum absolute atomic E-state index is 0.588. The smallest absolute Gasteiger partial charge is 0.171 e. The molecule has 0 aliphatic rings. The van der Waals surface area contributed by atoms with Gasteiger partial charge in [0.2, 0.25) is 0 Å². The molecular formula is C18H18N4S. The van der Waals surface area contributed by atoms with Crippen LogP contribution in [-0.4, -0.2) is 15.1 Å². The van der Waals surface area contributed by atoms with Gasteiger partial charge in [0.15, 0.2) is 5.11 Å². The lowest BCUT2D eigenvalue weighted by Gasteiger charge is -2.11. The van der Waals surface area contributed by atoms with Gasteiger partial charge in [-0.15, -0.1) is 0 Å². The Morgan fingerprint density at radius 1 is 0.957 bits per heavy atom. The molecule has 0 spiro atoms. The zero-order valence-corrected chi connectivity index (χ0v) is 13.9. The minimum atomic E-state index is 0.588. The molecule has 116 valence electrons. The Morgan fingerprint density at radius 2 is 1.65 bits per heavy atom. The minimum Gasteiger partial charge on any atom is -0.358 e. The summed E-state index contributed by atoms with van der Waals surface area (Å²) in [5, 5.41) is 6.98. The third kappa shape index (κ3) is 3.81. The predicted molar refractivity (Wildman–Crippen MR) is 98.5 cm³/mol. The molecule has 23 heavy (non-hydrogen) atoms. The van der Waals surface area contributed by atoms with E-state index in [0.717, 1.165) is 28.1 Å². The van der Waals surface area contributed by atoms with E-state index in [2.05, 4.69) is 32.7 Å². The topological polar surface area (TPSA) is 49.8 Å². The van der Waals surface area contributed by atoms with Gasteiger partial charge in [-0.3, -0.25) is 0 Å². The number of rotatable bonds is 3. The van der Waals surface area contributed by atoms with Gasteiger partial charge in [0.25, 0.3) is 0 Å². The molecule has 0 aliphatic carbocycles. The highest BCUT2D eigenvalue weighted by Gasteiger charge is 2.04. The second-order valence-electron chi connectivity index (χ2n) is 5.39. The third-order valence-corrected chi connectivity index (χ3v) is 3.88. The van der Waals surface area contributed by atoms with E-state index in [4.69, 9.17) is 12.2 Å². The number of hydrogen-bond donors (Lipinski definition) is 2. The number of anilines is 1. The number of aromatic nitrogens is 2. The summed E-state index contributed by atoms with van der Waals surface area (Å²) in [4.78, 5) is 9.10. The maximum atomic E-state index is 5.35. The largest absolute Gasteiger partial charge is 0.358 e. The zero-order chi connectivity index (χ0) is 16.2. The second-order valence-corrected chi connectivity index (χ2v) is 5.80. The number of hydrogen-bond acceptors (Lipinski definition) is 3. The van der Waals surface area contributed by atoms with E-state index in [0.29, 0.717) is 11.7 Å². The Morgan fingerprint density at radius 3 is 2.39 bits per heavy atom. The summed E-state index contributed by atoms with van der Waals surface area (Å²) in [5.41, 5.74) is 5.75. The van der Waals surface area contributed by atoms with Gasteiger partial charge in [-0.05, 0) is 49.8 Å². The molecular weight excluding hydrogens is 304 g/mol. The number of benzene rings is 2. The molecule has 0 saturated carbocycles. The summed E-state index contributed by atoms with van der Waals surface area (Å²) in [5.74, 6) is 0. The Kier molecular flexibility index (Phi) is 4.48. The summed E-state index contributed by atoms with van der Waals surface area (Å²) < 4.78 is 0. The number of nitrogens with one attached hydrogen (secondary N) is 2. The van der Waals surface area contributed by atoms with Crippen molar-refractivity contribution in [3.63, 3.8) is 0 Å². The molecule has 0 fully saturated rings. The van der Waals surface area contributed by atoms with Gasteiger partial charge in [-0.1, -0.05) is 30.3 Å². The predicted octanol–water partition coefficient (Wildman–Crippen LogP) is 3.73. The molecule has 2 aromatic carbocycles. The average molecular weight is 322 g/mol. The Labute approximate surface area is 141 Å². The zero-order valence-electron chi connectivity index (χ0n) is 13.1. The van der Waals surface area contributed by atoms with Gasteiger partial charge in [-0.2, -0.15) is 0 Å². The van der Waals surface area contributed by atoms with E-state index in [1.807, 2.05) is 50.2 Å². The molecule has 2 N–H and O–H groups in total. The standard InChI is InChI=1S/C18H18N4S/c1-12-13(2)21-17-10-15(8-9-16(17)20-12)22-18(23)19-11-14-6-4-3-5-7-14/h3-10H,11H2,1-2H3,(H2,19,22,23). The van der Waals surface area contributed by atoms with Crippen LogP contribution in [0.3, 0.4) is 0 Å². The number of fused-ring (bicyclic) bond motifs is 1. The van der Waals surface area contributed by atoms with Crippen molar-refractivity contribution in [3.05, 3.63) is 65.5 Å². The molecule has 0 unspecified atom stereocenters. The maximum absolute atomic E-state index is 5.35. The van der Waals surface area contributed by atoms with Gasteiger partial charge in [-0.25, -0.2) is 9.97 Å². The Balaban J connectivity index is 1.68. The molecule has 5 heteroatoms. The van der Waals surface area contributed by atoms with E-state index in [-0.39, 0.29) is 0 Å². The van der Waals surface area contributed by atoms with E-state index in [9.17, 15) is 0 Å². The highest BCUT2D eigenvalue weighted by molar-refractivity contribution is 7.80. The Hall–Kier alpha value is -2.53. The molecule has 0 radical (unpaired) electrons. The fraction of sp³-hybridized carbons (Fsp3) is 0.167. The van der Waals surface area contributed by atoms with Crippen LogP contribution < -0.4 is 10.6 Å². The van der Waals surface area contributed by atoms with Gasteiger partial charge >= 0.3 is 0 Å². The van der Waals surface area contributed by atoms with Crippen molar-refractivity contribution < 1.29 is 0 Å². The van der Waals surface area contributed by atoms with Crippen molar-refractivity contribution in [2.24, 2.45) is 0 Å². The van der Waals surface area contributed by atoms with Gasteiger partial charge in [0.1, 0.15) is 0 Å². The monoisotopic (exact) mass is 322 g/mol. The van der Waals surface area contributed by atoms with E-state index in [1.165, 1.54) is 5.56 Å². The summed E-state index contributed by atoms with van der Waals surface area (Å²) in [6.45, 7) is 4.63. The van der Waals surface area contributed by atoms with Crippen molar-refractivity contribution in [2.75, 3.05) is 5.32 Å². The van der Waals surface area contributed by atoms with Crippen LogP contribution in [0.15, 0.2) is 48.5 Å². The molecule has 1 heterocycles. The van der Waals surface area contributed by atoms with Crippen molar-refractivity contribution in [1.29, 1.82) is 0 Å². The lowest BCUT2D eigenvalue weighted by molar-refractivity contribution is 0.926. The summed E-state index contributed by atoms with van der Waals surface area (Å²) in [6, 6.07) is 16.0. The van der Waals surface area contributed by atoms with E-state index >= 15 is 0 Å². The first kappa shape index (κ1) is 15.4. The average Bonchev–Trinajstić information content (AvgIpc) is 2.55.